The first-order valence-electron chi connectivity index (χ1n) is 13.4. The van der Waals surface area contributed by atoms with Gasteiger partial charge in [-0.1, -0.05) is 101 Å². The molecular formula is C32H44O2. The smallest absolute Gasteiger partial charge is 0.133 e. The van der Waals surface area contributed by atoms with E-state index in [4.69, 9.17) is 4.74 Å². The van der Waals surface area contributed by atoms with E-state index < -0.39 is 0 Å². The van der Waals surface area contributed by atoms with Gasteiger partial charge in [-0.2, -0.15) is 0 Å². The number of allylic oxidation sites excluding steroid dienone is 2. The van der Waals surface area contributed by atoms with Gasteiger partial charge in [-0.25, -0.2) is 0 Å². The highest BCUT2D eigenvalue weighted by atomic mass is 16.5. The first kappa shape index (κ1) is 26.3. The second kappa shape index (κ2) is 12.9. The third-order valence-corrected chi connectivity index (χ3v) is 7.57. The lowest BCUT2D eigenvalue weighted by Gasteiger charge is -2.33. The number of benzene rings is 2. The Morgan fingerprint density at radius 3 is 2.59 bits per heavy atom. The Bertz CT molecular complexity index is 925. The Balaban J connectivity index is 1.91. The molecule has 0 N–H and O–H groups in total. The SMILES string of the molecule is C/C=C/CC1CCC(=O)CC1c1ccc(C(C)(C)CCCCCC)cc1OCc1ccccc1. The molecule has 2 nitrogen and oxygen atoms in total. The molecule has 0 bridgehead atoms. The number of ketones is 1. The highest BCUT2D eigenvalue weighted by Crippen LogP contribution is 2.44. The van der Waals surface area contributed by atoms with Crippen LogP contribution in [0.25, 0.3) is 0 Å². The van der Waals surface area contributed by atoms with Crippen LogP contribution in [-0.2, 0) is 16.8 Å². The summed E-state index contributed by atoms with van der Waals surface area (Å²) < 4.78 is 6.51. The summed E-state index contributed by atoms with van der Waals surface area (Å²) in [4.78, 5) is 12.5. The third-order valence-electron chi connectivity index (χ3n) is 7.57. The van der Waals surface area contributed by atoms with Crippen LogP contribution in [0.2, 0.25) is 0 Å². The van der Waals surface area contributed by atoms with Gasteiger partial charge in [0.15, 0.2) is 0 Å². The third kappa shape index (κ3) is 7.32. The van der Waals surface area contributed by atoms with Gasteiger partial charge in [-0.15, -0.1) is 0 Å². The van der Waals surface area contributed by atoms with Crippen molar-refractivity contribution in [2.45, 2.75) is 103 Å². The van der Waals surface area contributed by atoms with E-state index in [2.05, 4.69) is 82.3 Å². The van der Waals surface area contributed by atoms with E-state index in [-0.39, 0.29) is 11.3 Å². The van der Waals surface area contributed by atoms with Crippen molar-refractivity contribution in [2.75, 3.05) is 0 Å². The summed E-state index contributed by atoms with van der Waals surface area (Å²) in [7, 11) is 0. The Hall–Kier alpha value is -2.35. The van der Waals surface area contributed by atoms with Gasteiger partial charge in [0, 0.05) is 12.8 Å². The summed E-state index contributed by atoms with van der Waals surface area (Å²) in [6, 6.07) is 17.2. The van der Waals surface area contributed by atoms with Crippen LogP contribution in [0.1, 0.15) is 108 Å². The van der Waals surface area contributed by atoms with Gasteiger partial charge in [-0.05, 0) is 66.2 Å². The molecule has 184 valence electrons. The molecule has 0 saturated heterocycles. The van der Waals surface area contributed by atoms with Crippen molar-refractivity contribution in [3.05, 3.63) is 77.4 Å². The molecule has 0 spiro atoms. The van der Waals surface area contributed by atoms with Gasteiger partial charge in [0.25, 0.3) is 0 Å². The van der Waals surface area contributed by atoms with E-state index in [1.165, 1.54) is 48.8 Å². The summed E-state index contributed by atoms with van der Waals surface area (Å²) >= 11 is 0. The quantitative estimate of drug-likeness (QED) is 0.233. The van der Waals surface area contributed by atoms with Crippen molar-refractivity contribution in [1.82, 2.24) is 0 Å². The fourth-order valence-electron chi connectivity index (χ4n) is 5.28. The maximum absolute atomic E-state index is 12.5. The summed E-state index contributed by atoms with van der Waals surface area (Å²) in [6.45, 7) is 9.60. The Kier molecular flexibility index (Phi) is 9.99. The molecule has 0 aliphatic heterocycles. The Morgan fingerprint density at radius 2 is 1.85 bits per heavy atom. The van der Waals surface area contributed by atoms with Crippen LogP contribution in [0, 0.1) is 5.92 Å². The van der Waals surface area contributed by atoms with Gasteiger partial charge in [0.1, 0.15) is 18.1 Å². The number of unbranched alkanes of at least 4 members (excludes halogenated alkanes) is 3. The molecule has 1 fully saturated rings. The number of rotatable bonds is 12. The van der Waals surface area contributed by atoms with Crippen molar-refractivity contribution in [3.8, 4) is 5.75 Å². The van der Waals surface area contributed by atoms with Crippen molar-refractivity contribution < 1.29 is 9.53 Å². The van der Waals surface area contributed by atoms with Crippen molar-refractivity contribution in [2.24, 2.45) is 5.92 Å². The summed E-state index contributed by atoms with van der Waals surface area (Å²) in [5.74, 6) is 2.06. The number of hydrogen-bond donors (Lipinski definition) is 0. The molecule has 2 unspecified atom stereocenters. The average molecular weight is 461 g/mol. The first-order chi connectivity index (χ1) is 16.4. The minimum absolute atomic E-state index is 0.101. The summed E-state index contributed by atoms with van der Waals surface area (Å²) in [6.07, 6.45) is 14.0. The molecule has 0 radical (unpaired) electrons. The minimum Gasteiger partial charge on any atom is -0.489 e. The van der Waals surface area contributed by atoms with E-state index in [0.29, 0.717) is 31.1 Å². The molecule has 1 aliphatic rings. The molecule has 0 heterocycles. The van der Waals surface area contributed by atoms with Crippen LogP contribution in [0.15, 0.2) is 60.7 Å². The average Bonchev–Trinajstić information content (AvgIpc) is 2.85. The number of carbonyl (C=O) groups excluding carboxylic acids is 1. The molecule has 3 rings (SSSR count). The zero-order valence-electron chi connectivity index (χ0n) is 21.8. The highest BCUT2D eigenvalue weighted by Gasteiger charge is 2.32. The van der Waals surface area contributed by atoms with Gasteiger partial charge < -0.3 is 4.74 Å². The fraction of sp³-hybridized carbons (Fsp3) is 0.531. The normalized spacial score (nSPS) is 19.0. The van der Waals surface area contributed by atoms with Gasteiger partial charge in [0.2, 0.25) is 0 Å². The van der Waals surface area contributed by atoms with Crippen LogP contribution in [-0.4, -0.2) is 5.78 Å². The standard InChI is InChI=1S/C32H44O2/c1-5-7-9-13-21-32(3,4)27-18-20-29(30-23-28(33)19-17-26(30)16-8-6-2)31(22-27)34-24-25-14-11-10-12-15-25/h6,8,10-12,14-15,18,20,22,26,30H,5,7,9,13,16-17,19,21,23-24H2,1-4H3/b8-6+. The zero-order valence-corrected chi connectivity index (χ0v) is 21.8. The monoisotopic (exact) mass is 460 g/mol. The second-order valence-electron chi connectivity index (χ2n) is 10.7. The molecule has 1 saturated carbocycles. The first-order valence-corrected chi connectivity index (χ1v) is 13.4. The summed E-state index contributed by atoms with van der Waals surface area (Å²) in [5.41, 5.74) is 3.82. The molecule has 2 aromatic rings. The zero-order chi connectivity index (χ0) is 24.4. The number of Topliss-reactive ketones (excluding diaryl/α,β-unsaturated/α-hetero) is 1. The lowest BCUT2D eigenvalue weighted by molar-refractivity contribution is -0.121. The van der Waals surface area contributed by atoms with Gasteiger partial charge >= 0.3 is 0 Å². The summed E-state index contributed by atoms with van der Waals surface area (Å²) in [5, 5.41) is 0. The lowest BCUT2D eigenvalue weighted by atomic mass is 9.72. The van der Waals surface area contributed by atoms with Gasteiger partial charge in [0.05, 0.1) is 0 Å². The van der Waals surface area contributed by atoms with Crippen LogP contribution in [0.4, 0.5) is 0 Å². The van der Waals surface area contributed by atoms with E-state index in [1.54, 1.807) is 0 Å². The predicted octanol–water partition coefficient (Wildman–Crippen LogP) is 8.93. The van der Waals surface area contributed by atoms with Crippen molar-refractivity contribution >= 4 is 5.78 Å². The minimum atomic E-state index is 0.101. The van der Waals surface area contributed by atoms with E-state index in [1.807, 2.05) is 6.07 Å². The van der Waals surface area contributed by atoms with Crippen LogP contribution in [0.3, 0.4) is 0 Å². The predicted molar refractivity (Wildman–Crippen MR) is 144 cm³/mol. The van der Waals surface area contributed by atoms with E-state index in [0.717, 1.165) is 18.6 Å². The molecular weight excluding hydrogens is 416 g/mol. The topological polar surface area (TPSA) is 26.3 Å². The number of ether oxygens (including phenoxy) is 1. The lowest BCUT2D eigenvalue weighted by Crippen LogP contribution is -2.24. The van der Waals surface area contributed by atoms with Crippen molar-refractivity contribution in [3.63, 3.8) is 0 Å². The Morgan fingerprint density at radius 1 is 1.06 bits per heavy atom. The van der Waals surface area contributed by atoms with Crippen LogP contribution < -0.4 is 4.74 Å². The Labute approximate surface area is 207 Å². The molecule has 1 aliphatic carbocycles. The number of hydrogen-bond acceptors (Lipinski definition) is 2. The molecule has 2 aromatic carbocycles. The van der Waals surface area contributed by atoms with E-state index in [9.17, 15) is 4.79 Å². The maximum Gasteiger partial charge on any atom is 0.133 e. The molecule has 0 aromatic heterocycles. The van der Waals surface area contributed by atoms with Crippen LogP contribution in [0.5, 0.6) is 5.75 Å². The second-order valence-corrected chi connectivity index (χ2v) is 10.7. The molecule has 2 heteroatoms. The van der Waals surface area contributed by atoms with Gasteiger partial charge in [-0.3, -0.25) is 4.79 Å². The van der Waals surface area contributed by atoms with Crippen molar-refractivity contribution in [1.29, 1.82) is 0 Å². The molecule has 2 atom stereocenters. The van der Waals surface area contributed by atoms with E-state index >= 15 is 0 Å². The van der Waals surface area contributed by atoms with Crippen LogP contribution >= 0.6 is 0 Å². The molecule has 34 heavy (non-hydrogen) atoms. The molecule has 0 amide bonds. The maximum atomic E-state index is 12.5. The fourth-order valence-corrected chi connectivity index (χ4v) is 5.28. The highest BCUT2D eigenvalue weighted by molar-refractivity contribution is 5.80. The largest absolute Gasteiger partial charge is 0.489 e. The number of carbonyl (C=O) groups is 1.